The van der Waals surface area contributed by atoms with Crippen molar-refractivity contribution in [3.8, 4) is 5.75 Å². The molecule has 128 valence electrons. The first-order chi connectivity index (χ1) is 11.6. The quantitative estimate of drug-likeness (QED) is 0.804. The van der Waals surface area contributed by atoms with Crippen LogP contribution in [0.5, 0.6) is 5.75 Å². The molecule has 1 aromatic heterocycles. The second-order valence-corrected chi connectivity index (χ2v) is 6.07. The van der Waals surface area contributed by atoms with Gasteiger partial charge >= 0.3 is 5.97 Å². The van der Waals surface area contributed by atoms with Crippen molar-refractivity contribution in [1.82, 2.24) is 14.5 Å². The van der Waals surface area contributed by atoms with E-state index in [0.717, 1.165) is 36.7 Å². The van der Waals surface area contributed by atoms with Gasteiger partial charge in [0.25, 0.3) is 0 Å². The SMILES string of the molecule is CC(C(=O)O)N(CCOc1ccccc1)Cc1cnc2n1CCC2. The lowest BCUT2D eigenvalue weighted by atomic mass is 10.2. The van der Waals surface area contributed by atoms with Crippen molar-refractivity contribution >= 4 is 5.97 Å². The Hall–Kier alpha value is -2.34. The summed E-state index contributed by atoms with van der Waals surface area (Å²) in [6.07, 6.45) is 3.99. The summed E-state index contributed by atoms with van der Waals surface area (Å²) < 4.78 is 7.93. The third-order valence-electron chi connectivity index (χ3n) is 4.46. The zero-order valence-electron chi connectivity index (χ0n) is 13.9. The van der Waals surface area contributed by atoms with Crippen LogP contribution in [0.15, 0.2) is 36.5 Å². The summed E-state index contributed by atoms with van der Waals surface area (Å²) in [5.41, 5.74) is 1.08. The van der Waals surface area contributed by atoms with Crippen LogP contribution in [0.2, 0.25) is 0 Å². The zero-order valence-corrected chi connectivity index (χ0v) is 13.9. The number of carboxylic acid groups (broad SMARTS) is 1. The van der Waals surface area contributed by atoms with E-state index >= 15 is 0 Å². The molecule has 3 rings (SSSR count). The third kappa shape index (κ3) is 3.76. The van der Waals surface area contributed by atoms with Gasteiger partial charge in [-0.25, -0.2) is 4.98 Å². The topological polar surface area (TPSA) is 67.6 Å². The number of ether oxygens (including phenoxy) is 1. The molecule has 24 heavy (non-hydrogen) atoms. The molecule has 0 fully saturated rings. The minimum atomic E-state index is -0.823. The van der Waals surface area contributed by atoms with Crippen LogP contribution < -0.4 is 4.74 Å². The fourth-order valence-electron chi connectivity index (χ4n) is 3.02. The molecule has 0 amide bonds. The van der Waals surface area contributed by atoms with Crippen LogP contribution >= 0.6 is 0 Å². The fraction of sp³-hybridized carbons (Fsp3) is 0.444. The lowest BCUT2D eigenvalue weighted by Crippen LogP contribution is -2.41. The maximum Gasteiger partial charge on any atom is 0.320 e. The van der Waals surface area contributed by atoms with Gasteiger partial charge in [-0.05, 0) is 25.5 Å². The highest BCUT2D eigenvalue weighted by molar-refractivity contribution is 5.72. The number of hydrogen-bond acceptors (Lipinski definition) is 4. The van der Waals surface area contributed by atoms with Crippen LogP contribution in [0.1, 0.15) is 24.9 Å². The standard InChI is InChI=1S/C18H23N3O3/c1-14(18(22)23)20(10-11-24-16-6-3-2-4-7-16)13-15-12-19-17-8-5-9-21(15)17/h2-4,6-7,12,14H,5,8-11,13H2,1H3,(H,22,23). The van der Waals surface area contributed by atoms with E-state index in [0.29, 0.717) is 19.7 Å². The summed E-state index contributed by atoms with van der Waals surface area (Å²) >= 11 is 0. The Morgan fingerprint density at radius 2 is 2.21 bits per heavy atom. The summed E-state index contributed by atoms with van der Waals surface area (Å²) in [7, 11) is 0. The zero-order chi connectivity index (χ0) is 16.9. The van der Waals surface area contributed by atoms with E-state index < -0.39 is 12.0 Å². The highest BCUT2D eigenvalue weighted by Crippen LogP contribution is 2.18. The molecule has 0 saturated heterocycles. The number of hydrogen-bond donors (Lipinski definition) is 1. The number of carboxylic acids is 1. The van der Waals surface area contributed by atoms with Crippen molar-refractivity contribution in [2.75, 3.05) is 13.2 Å². The van der Waals surface area contributed by atoms with Gasteiger partial charge < -0.3 is 14.4 Å². The van der Waals surface area contributed by atoms with E-state index in [9.17, 15) is 9.90 Å². The minimum absolute atomic E-state index is 0.447. The van der Waals surface area contributed by atoms with Crippen LogP contribution in [0.4, 0.5) is 0 Å². The van der Waals surface area contributed by atoms with Gasteiger partial charge in [-0.2, -0.15) is 0 Å². The first-order valence-electron chi connectivity index (χ1n) is 8.33. The predicted molar refractivity (Wildman–Crippen MR) is 90.0 cm³/mol. The largest absolute Gasteiger partial charge is 0.492 e. The first-order valence-corrected chi connectivity index (χ1v) is 8.33. The Balaban J connectivity index is 1.63. The lowest BCUT2D eigenvalue weighted by Gasteiger charge is -2.26. The van der Waals surface area contributed by atoms with Gasteiger partial charge in [-0.3, -0.25) is 9.69 Å². The molecule has 0 spiro atoms. The van der Waals surface area contributed by atoms with Crippen molar-refractivity contribution in [3.05, 3.63) is 48.0 Å². The molecule has 1 aromatic carbocycles. The number of imidazole rings is 1. The highest BCUT2D eigenvalue weighted by atomic mass is 16.5. The Morgan fingerprint density at radius 1 is 1.42 bits per heavy atom. The Morgan fingerprint density at radius 3 is 2.96 bits per heavy atom. The van der Waals surface area contributed by atoms with Crippen LogP contribution in [-0.4, -0.2) is 44.7 Å². The molecule has 0 radical (unpaired) electrons. The second kappa shape index (κ2) is 7.49. The average Bonchev–Trinajstić information content (AvgIpc) is 3.19. The van der Waals surface area contributed by atoms with Crippen molar-refractivity contribution < 1.29 is 14.6 Å². The number of nitrogens with zero attached hydrogens (tertiary/aromatic N) is 3. The van der Waals surface area contributed by atoms with Crippen LogP contribution in [-0.2, 0) is 24.3 Å². The maximum absolute atomic E-state index is 11.4. The van der Waals surface area contributed by atoms with E-state index in [-0.39, 0.29) is 0 Å². The van der Waals surface area contributed by atoms with Crippen LogP contribution in [0.3, 0.4) is 0 Å². The van der Waals surface area contributed by atoms with Gasteiger partial charge in [0.1, 0.15) is 24.2 Å². The van der Waals surface area contributed by atoms with E-state index in [4.69, 9.17) is 4.74 Å². The molecular formula is C18H23N3O3. The third-order valence-corrected chi connectivity index (χ3v) is 4.46. The molecule has 6 nitrogen and oxygen atoms in total. The number of carbonyl (C=O) groups is 1. The van der Waals surface area contributed by atoms with E-state index in [1.165, 1.54) is 0 Å². The van der Waals surface area contributed by atoms with Gasteiger partial charge in [0, 0.05) is 32.3 Å². The van der Waals surface area contributed by atoms with E-state index in [1.54, 1.807) is 6.92 Å². The van der Waals surface area contributed by atoms with Crippen molar-refractivity contribution in [1.29, 1.82) is 0 Å². The van der Waals surface area contributed by atoms with E-state index in [1.807, 2.05) is 41.4 Å². The minimum Gasteiger partial charge on any atom is -0.492 e. The number of aliphatic carboxylic acids is 1. The van der Waals surface area contributed by atoms with Gasteiger partial charge in [0.15, 0.2) is 0 Å². The van der Waals surface area contributed by atoms with Gasteiger partial charge in [-0.15, -0.1) is 0 Å². The second-order valence-electron chi connectivity index (χ2n) is 6.07. The molecule has 0 saturated carbocycles. The van der Waals surface area contributed by atoms with Gasteiger partial charge in [-0.1, -0.05) is 18.2 Å². The number of fused-ring (bicyclic) bond motifs is 1. The number of rotatable bonds is 8. The number of benzene rings is 1. The lowest BCUT2D eigenvalue weighted by molar-refractivity contribution is -0.143. The molecule has 2 heterocycles. The summed E-state index contributed by atoms with van der Waals surface area (Å²) in [5, 5.41) is 9.39. The maximum atomic E-state index is 11.4. The van der Waals surface area contributed by atoms with E-state index in [2.05, 4.69) is 9.55 Å². The molecule has 1 N–H and O–H groups in total. The Labute approximate surface area is 141 Å². The summed E-state index contributed by atoms with van der Waals surface area (Å²) in [4.78, 5) is 17.8. The van der Waals surface area contributed by atoms with Crippen LogP contribution in [0.25, 0.3) is 0 Å². The monoisotopic (exact) mass is 329 g/mol. The molecule has 1 aliphatic rings. The summed E-state index contributed by atoms with van der Waals surface area (Å²) in [5.74, 6) is 1.08. The number of aryl methyl sites for hydroxylation is 1. The first kappa shape index (κ1) is 16.5. The highest BCUT2D eigenvalue weighted by Gasteiger charge is 2.24. The summed E-state index contributed by atoms with van der Waals surface area (Å²) in [6.45, 7) is 4.25. The summed E-state index contributed by atoms with van der Waals surface area (Å²) in [6, 6.07) is 9.00. The molecule has 2 aromatic rings. The molecule has 6 heteroatoms. The van der Waals surface area contributed by atoms with Crippen molar-refractivity contribution in [2.45, 2.75) is 38.9 Å². The normalized spacial score (nSPS) is 14.6. The van der Waals surface area contributed by atoms with Crippen molar-refractivity contribution in [3.63, 3.8) is 0 Å². The Bertz CT molecular complexity index is 684. The number of para-hydroxylation sites is 1. The Kier molecular flexibility index (Phi) is 5.15. The van der Waals surface area contributed by atoms with Crippen LogP contribution in [0, 0.1) is 0 Å². The molecular weight excluding hydrogens is 306 g/mol. The molecule has 0 bridgehead atoms. The fourth-order valence-corrected chi connectivity index (χ4v) is 3.02. The molecule has 0 aliphatic carbocycles. The molecule has 1 aliphatic heterocycles. The smallest absolute Gasteiger partial charge is 0.320 e. The predicted octanol–water partition coefficient (Wildman–Crippen LogP) is 2.18. The van der Waals surface area contributed by atoms with Crippen molar-refractivity contribution in [2.24, 2.45) is 0 Å². The molecule has 1 unspecified atom stereocenters. The number of aromatic nitrogens is 2. The molecule has 1 atom stereocenters. The van der Waals surface area contributed by atoms with Gasteiger partial charge in [0.05, 0.1) is 5.69 Å². The average molecular weight is 329 g/mol. The van der Waals surface area contributed by atoms with Gasteiger partial charge in [0.2, 0.25) is 0 Å².